The van der Waals surface area contributed by atoms with Crippen LogP contribution in [0.1, 0.15) is 11.7 Å². The van der Waals surface area contributed by atoms with Gasteiger partial charge in [0.2, 0.25) is 6.10 Å². The molecule has 1 amide bonds. The van der Waals surface area contributed by atoms with Crippen LogP contribution in [0.3, 0.4) is 0 Å². The van der Waals surface area contributed by atoms with E-state index in [1.165, 1.54) is 11.8 Å². The Morgan fingerprint density at radius 3 is 2.73 bits per heavy atom. The molecule has 1 unspecified atom stereocenters. The molecule has 3 rings (SSSR count). The molecule has 1 heterocycles. The number of aliphatic carboxylic acids is 1. The van der Waals surface area contributed by atoms with E-state index in [1.54, 1.807) is 18.2 Å². The van der Waals surface area contributed by atoms with Gasteiger partial charge in [0.15, 0.2) is 0 Å². The van der Waals surface area contributed by atoms with Crippen LogP contribution in [-0.2, 0) is 9.59 Å². The third-order valence-electron chi connectivity index (χ3n) is 3.16. The predicted molar refractivity (Wildman–Crippen MR) is 83.2 cm³/mol. The zero-order chi connectivity index (χ0) is 15.5. The summed E-state index contributed by atoms with van der Waals surface area (Å²) in [7, 11) is 0. The van der Waals surface area contributed by atoms with Crippen molar-refractivity contribution in [2.75, 3.05) is 11.1 Å². The number of carbonyl (C=O) groups is 2. The summed E-state index contributed by atoms with van der Waals surface area (Å²) in [5.74, 6) is -0.570. The average Bonchev–Trinajstić information content (AvgIpc) is 2.53. The molecule has 22 heavy (non-hydrogen) atoms. The molecular formula is C16H13NO4S. The first-order valence-corrected chi connectivity index (χ1v) is 7.63. The highest BCUT2D eigenvalue weighted by Crippen LogP contribution is 2.37. The summed E-state index contributed by atoms with van der Waals surface area (Å²) in [4.78, 5) is 23.6. The van der Waals surface area contributed by atoms with Gasteiger partial charge in [0.25, 0.3) is 5.91 Å². The quantitative estimate of drug-likeness (QED) is 0.848. The van der Waals surface area contributed by atoms with E-state index in [2.05, 4.69) is 5.32 Å². The summed E-state index contributed by atoms with van der Waals surface area (Å²) in [5.41, 5.74) is 1.35. The predicted octanol–water partition coefficient (Wildman–Crippen LogP) is 2.94. The van der Waals surface area contributed by atoms with Crippen molar-refractivity contribution in [3.8, 4) is 5.75 Å². The minimum atomic E-state index is -0.882. The number of thioether (sulfide) groups is 1. The average molecular weight is 315 g/mol. The molecule has 1 aliphatic rings. The number of ether oxygens (including phenoxy) is 1. The van der Waals surface area contributed by atoms with Gasteiger partial charge in [-0.2, -0.15) is 0 Å². The Balaban J connectivity index is 1.82. The standard InChI is InChI=1S/C16H13NO4S/c18-14(19)9-22-11-6-7-13-12(8-11)17-16(20)15(21-13)10-4-2-1-3-5-10/h1-8,15H,9H2,(H,17,20)(H,18,19). The number of carboxylic acids is 1. The monoisotopic (exact) mass is 315 g/mol. The smallest absolute Gasteiger partial charge is 0.313 e. The Kier molecular flexibility index (Phi) is 4.02. The van der Waals surface area contributed by atoms with Gasteiger partial charge in [-0.3, -0.25) is 9.59 Å². The molecule has 0 fully saturated rings. The highest BCUT2D eigenvalue weighted by molar-refractivity contribution is 8.00. The Morgan fingerprint density at radius 1 is 1.23 bits per heavy atom. The second-order valence-electron chi connectivity index (χ2n) is 4.74. The summed E-state index contributed by atoms with van der Waals surface area (Å²) < 4.78 is 5.77. The zero-order valence-electron chi connectivity index (χ0n) is 11.5. The molecule has 0 saturated carbocycles. The van der Waals surface area contributed by atoms with Crippen molar-refractivity contribution in [1.82, 2.24) is 0 Å². The lowest BCUT2D eigenvalue weighted by Crippen LogP contribution is -2.30. The van der Waals surface area contributed by atoms with Crippen LogP contribution in [0.2, 0.25) is 0 Å². The van der Waals surface area contributed by atoms with Gasteiger partial charge in [-0.15, -0.1) is 11.8 Å². The van der Waals surface area contributed by atoms with Crippen molar-refractivity contribution in [2.24, 2.45) is 0 Å². The molecule has 0 spiro atoms. The fraction of sp³-hybridized carbons (Fsp3) is 0.125. The number of rotatable bonds is 4. The molecule has 5 nitrogen and oxygen atoms in total. The van der Waals surface area contributed by atoms with Gasteiger partial charge < -0.3 is 15.2 Å². The van der Waals surface area contributed by atoms with E-state index >= 15 is 0 Å². The molecule has 112 valence electrons. The van der Waals surface area contributed by atoms with E-state index in [9.17, 15) is 9.59 Å². The highest BCUT2D eigenvalue weighted by Gasteiger charge is 2.29. The van der Waals surface area contributed by atoms with Crippen LogP contribution in [0.15, 0.2) is 53.4 Å². The minimum absolute atomic E-state index is 0.0275. The molecule has 1 atom stereocenters. The molecule has 2 aromatic rings. The molecule has 0 bridgehead atoms. The Bertz CT molecular complexity index is 717. The van der Waals surface area contributed by atoms with Crippen LogP contribution in [0, 0.1) is 0 Å². The van der Waals surface area contributed by atoms with Gasteiger partial charge in [-0.25, -0.2) is 0 Å². The summed E-state index contributed by atoms with van der Waals surface area (Å²) in [5, 5.41) is 11.5. The second-order valence-corrected chi connectivity index (χ2v) is 5.79. The normalized spacial score (nSPS) is 16.4. The fourth-order valence-corrected chi connectivity index (χ4v) is 2.83. The van der Waals surface area contributed by atoms with Crippen molar-refractivity contribution >= 4 is 29.3 Å². The number of anilines is 1. The Morgan fingerprint density at radius 2 is 2.00 bits per heavy atom. The third kappa shape index (κ3) is 3.07. The summed E-state index contributed by atoms with van der Waals surface area (Å²) >= 11 is 1.19. The molecule has 2 aromatic carbocycles. The lowest BCUT2D eigenvalue weighted by molar-refractivity contribution is -0.134. The van der Waals surface area contributed by atoms with Gasteiger partial charge in [-0.05, 0) is 18.2 Å². The number of nitrogens with one attached hydrogen (secondary N) is 1. The highest BCUT2D eigenvalue weighted by atomic mass is 32.2. The number of carbonyl (C=O) groups excluding carboxylic acids is 1. The number of hydrogen-bond acceptors (Lipinski definition) is 4. The van der Waals surface area contributed by atoms with Gasteiger partial charge in [0.1, 0.15) is 5.75 Å². The largest absolute Gasteiger partial charge is 0.481 e. The molecule has 0 saturated heterocycles. The van der Waals surface area contributed by atoms with E-state index in [-0.39, 0.29) is 11.7 Å². The van der Waals surface area contributed by atoms with E-state index in [0.29, 0.717) is 11.4 Å². The lowest BCUT2D eigenvalue weighted by atomic mass is 10.1. The topological polar surface area (TPSA) is 75.6 Å². The number of amides is 1. The van der Waals surface area contributed by atoms with E-state index in [1.807, 2.05) is 30.3 Å². The number of carboxylic acid groups (broad SMARTS) is 1. The molecule has 0 aromatic heterocycles. The number of benzene rings is 2. The molecule has 0 aliphatic carbocycles. The van der Waals surface area contributed by atoms with Crippen molar-refractivity contribution < 1.29 is 19.4 Å². The van der Waals surface area contributed by atoms with Crippen LogP contribution < -0.4 is 10.1 Å². The van der Waals surface area contributed by atoms with Gasteiger partial charge >= 0.3 is 5.97 Å². The first-order valence-electron chi connectivity index (χ1n) is 6.64. The van der Waals surface area contributed by atoms with E-state index < -0.39 is 12.1 Å². The molecular weight excluding hydrogens is 302 g/mol. The van der Waals surface area contributed by atoms with E-state index in [4.69, 9.17) is 9.84 Å². The fourth-order valence-electron chi connectivity index (χ4n) is 2.17. The van der Waals surface area contributed by atoms with E-state index in [0.717, 1.165) is 10.5 Å². The SMILES string of the molecule is O=C(O)CSc1ccc2c(c1)NC(=O)C(c1ccccc1)O2. The maximum Gasteiger partial charge on any atom is 0.313 e. The van der Waals surface area contributed by atoms with Crippen LogP contribution in [0.5, 0.6) is 5.75 Å². The summed E-state index contributed by atoms with van der Waals surface area (Å²) in [6, 6.07) is 14.5. The van der Waals surface area contributed by atoms with Crippen molar-refractivity contribution in [2.45, 2.75) is 11.0 Å². The maximum absolute atomic E-state index is 12.2. The first kappa shape index (κ1) is 14.5. The van der Waals surface area contributed by atoms with Gasteiger partial charge in [0, 0.05) is 10.5 Å². The third-order valence-corrected chi connectivity index (χ3v) is 4.14. The van der Waals surface area contributed by atoms with Crippen molar-refractivity contribution in [3.63, 3.8) is 0 Å². The van der Waals surface area contributed by atoms with Crippen molar-refractivity contribution in [1.29, 1.82) is 0 Å². The van der Waals surface area contributed by atoms with Crippen molar-refractivity contribution in [3.05, 3.63) is 54.1 Å². The molecule has 2 N–H and O–H groups in total. The molecule has 6 heteroatoms. The second kappa shape index (κ2) is 6.11. The van der Waals surface area contributed by atoms with Crippen LogP contribution >= 0.6 is 11.8 Å². The number of hydrogen-bond donors (Lipinski definition) is 2. The minimum Gasteiger partial charge on any atom is -0.481 e. The summed E-state index contributed by atoms with van der Waals surface area (Å²) in [6.45, 7) is 0. The molecule has 1 aliphatic heterocycles. The van der Waals surface area contributed by atoms with Crippen LogP contribution in [0.4, 0.5) is 5.69 Å². The van der Waals surface area contributed by atoms with Crippen LogP contribution in [0.25, 0.3) is 0 Å². The Hall–Kier alpha value is -2.47. The first-order chi connectivity index (χ1) is 10.6. The Labute approximate surface area is 131 Å². The molecule has 0 radical (unpaired) electrons. The van der Waals surface area contributed by atoms with Gasteiger partial charge in [-0.1, -0.05) is 30.3 Å². The van der Waals surface area contributed by atoms with Gasteiger partial charge in [0.05, 0.1) is 11.4 Å². The van der Waals surface area contributed by atoms with Crippen LogP contribution in [-0.4, -0.2) is 22.7 Å². The number of fused-ring (bicyclic) bond motifs is 1. The lowest BCUT2D eigenvalue weighted by Gasteiger charge is -2.26. The zero-order valence-corrected chi connectivity index (χ0v) is 12.3. The summed E-state index contributed by atoms with van der Waals surface area (Å²) in [6.07, 6.45) is -0.675. The maximum atomic E-state index is 12.2.